The molecule has 2 aromatic heterocycles. The molecule has 1 atom stereocenters. The molecular weight excluding hydrogens is 410 g/mol. The second-order valence-corrected chi connectivity index (χ2v) is 7.96. The van der Waals surface area contributed by atoms with E-state index >= 15 is 0 Å². The molecule has 164 valence electrons. The maximum Gasteiger partial charge on any atom is 0.340 e. The van der Waals surface area contributed by atoms with Crippen LogP contribution in [0.3, 0.4) is 0 Å². The Kier molecular flexibility index (Phi) is 5.34. The summed E-state index contributed by atoms with van der Waals surface area (Å²) in [5.41, 5.74) is 3.46. The molecule has 2 N–H and O–H groups in total. The van der Waals surface area contributed by atoms with Crippen molar-refractivity contribution in [3.05, 3.63) is 80.4 Å². The van der Waals surface area contributed by atoms with Crippen LogP contribution in [0, 0.1) is 27.7 Å². The van der Waals surface area contributed by atoms with Gasteiger partial charge in [-0.05, 0) is 50.5 Å². The summed E-state index contributed by atoms with van der Waals surface area (Å²) < 4.78 is 11.4. The smallest absolute Gasteiger partial charge is 0.340 e. The molecule has 32 heavy (non-hydrogen) atoms. The van der Waals surface area contributed by atoms with Gasteiger partial charge in [-0.15, -0.1) is 0 Å². The highest BCUT2D eigenvalue weighted by Gasteiger charge is 2.24. The Bertz CT molecular complexity index is 1430. The minimum atomic E-state index is -1.21. The fourth-order valence-electron chi connectivity index (χ4n) is 4.00. The maximum atomic E-state index is 12.7. The Balaban J connectivity index is 1.73. The van der Waals surface area contributed by atoms with Crippen molar-refractivity contribution in [1.82, 2.24) is 5.32 Å². The molecule has 0 radical (unpaired) electrons. The Hall–Kier alpha value is -3.87. The number of hydrogen-bond acceptors (Lipinski definition) is 5. The first-order chi connectivity index (χ1) is 15.2. The van der Waals surface area contributed by atoms with E-state index in [1.807, 2.05) is 26.8 Å². The minimum Gasteiger partial charge on any atom is -0.479 e. The van der Waals surface area contributed by atoms with Crippen LogP contribution in [-0.4, -0.2) is 17.0 Å². The normalized spacial score (nSPS) is 12.2. The fourth-order valence-corrected chi connectivity index (χ4v) is 4.00. The van der Waals surface area contributed by atoms with E-state index in [2.05, 4.69) is 5.32 Å². The maximum absolute atomic E-state index is 12.7. The highest BCUT2D eigenvalue weighted by molar-refractivity contribution is 6.00. The van der Waals surface area contributed by atoms with Crippen LogP contribution in [0.1, 0.15) is 39.6 Å². The van der Waals surface area contributed by atoms with E-state index in [9.17, 15) is 19.5 Å². The van der Waals surface area contributed by atoms with Gasteiger partial charge in [-0.2, -0.15) is 0 Å². The number of carbonyl (C=O) groups excluding carboxylic acids is 1. The highest BCUT2D eigenvalue weighted by Crippen LogP contribution is 2.34. The molecule has 0 fully saturated rings. The van der Waals surface area contributed by atoms with Gasteiger partial charge in [0.2, 0.25) is 5.91 Å². The number of aryl methyl sites for hydroxylation is 4. The van der Waals surface area contributed by atoms with Gasteiger partial charge in [0.25, 0.3) is 0 Å². The van der Waals surface area contributed by atoms with E-state index in [0.717, 1.165) is 27.7 Å². The zero-order valence-electron chi connectivity index (χ0n) is 18.2. The molecule has 0 unspecified atom stereocenters. The Morgan fingerprint density at radius 1 is 0.938 bits per heavy atom. The standard InChI is InChI=1S/C25H23NO6/c1-12-15(4)31-22-14(3)23-18(10-17(12)22)13(2)19(25(30)32-23)11-20(27)26-21(24(28)29)16-8-6-5-7-9-16/h5-10,21H,11H2,1-4H3,(H,26,27)(H,28,29)/t21-/m1/s1. The van der Waals surface area contributed by atoms with Gasteiger partial charge in [-0.1, -0.05) is 30.3 Å². The van der Waals surface area contributed by atoms with Crippen LogP contribution in [0.4, 0.5) is 0 Å². The first-order valence-corrected chi connectivity index (χ1v) is 10.2. The third-order valence-electron chi connectivity index (χ3n) is 5.97. The van der Waals surface area contributed by atoms with Crippen LogP contribution >= 0.6 is 0 Å². The zero-order chi connectivity index (χ0) is 23.2. The Labute approximate surface area is 183 Å². The molecule has 7 heteroatoms. The molecule has 0 saturated carbocycles. The van der Waals surface area contributed by atoms with E-state index in [-0.39, 0.29) is 12.0 Å². The van der Waals surface area contributed by atoms with E-state index in [0.29, 0.717) is 22.3 Å². The molecule has 2 aromatic carbocycles. The molecule has 0 aliphatic carbocycles. The second-order valence-electron chi connectivity index (χ2n) is 7.96. The molecule has 0 saturated heterocycles. The van der Waals surface area contributed by atoms with Crippen molar-refractivity contribution in [3.8, 4) is 0 Å². The van der Waals surface area contributed by atoms with Crippen molar-refractivity contribution >= 4 is 33.8 Å². The van der Waals surface area contributed by atoms with Crippen molar-refractivity contribution in [2.45, 2.75) is 40.2 Å². The number of amides is 1. The van der Waals surface area contributed by atoms with Crippen LogP contribution in [0.5, 0.6) is 0 Å². The number of hydrogen-bond donors (Lipinski definition) is 2. The van der Waals surface area contributed by atoms with Crippen LogP contribution < -0.4 is 10.9 Å². The van der Waals surface area contributed by atoms with E-state index in [4.69, 9.17) is 8.83 Å². The number of nitrogens with one attached hydrogen (secondary N) is 1. The van der Waals surface area contributed by atoms with Crippen LogP contribution in [-0.2, 0) is 16.0 Å². The van der Waals surface area contributed by atoms with E-state index in [1.165, 1.54) is 0 Å². The molecule has 0 aliphatic heterocycles. The average Bonchev–Trinajstić information content (AvgIpc) is 3.05. The number of carboxylic acid groups (broad SMARTS) is 1. The highest BCUT2D eigenvalue weighted by atomic mass is 16.4. The molecule has 2 heterocycles. The van der Waals surface area contributed by atoms with Gasteiger partial charge in [0.15, 0.2) is 6.04 Å². The Morgan fingerprint density at radius 3 is 2.22 bits per heavy atom. The molecule has 4 rings (SSSR count). The molecule has 0 spiro atoms. The van der Waals surface area contributed by atoms with Crippen molar-refractivity contribution < 1.29 is 23.5 Å². The molecular formula is C25H23NO6. The molecule has 7 nitrogen and oxygen atoms in total. The largest absolute Gasteiger partial charge is 0.479 e. The van der Waals surface area contributed by atoms with E-state index in [1.54, 1.807) is 37.3 Å². The third-order valence-corrected chi connectivity index (χ3v) is 5.97. The van der Waals surface area contributed by atoms with Crippen molar-refractivity contribution in [1.29, 1.82) is 0 Å². The fraction of sp³-hybridized carbons (Fsp3) is 0.240. The quantitative estimate of drug-likeness (QED) is 0.455. The summed E-state index contributed by atoms with van der Waals surface area (Å²) in [6.07, 6.45) is -0.290. The molecule has 4 aromatic rings. The van der Waals surface area contributed by atoms with E-state index < -0.39 is 23.5 Å². The lowest BCUT2D eigenvalue weighted by Crippen LogP contribution is -2.35. The first kappa shape index (κ1) is 21.4. The van der Waals surface area contributed by atoms with Crippen LogP contribution in [0.25, 0.3) is 21.9 Å². The topological polar surface area (TPSA) is 110 Å². The van der Waals surface area contributed by atoms with Crippen molar-refractivity contribution in [2.24, 2.45) is 0 Å². The summed E-state index contributed by atoms with van der Waals surface area (Å²) in [6, 6.07) is 9.10. The third kappa shape index (κ3) is 3.56. The lowest BCUT2D eigenvalue weighted by molar-refractivity contribution is -0.142. The van der Waals surface area contributed by atoms with Gasteiger partial charge in [0.05, 0.1) is 12.0 Å². The predicted octanol–water partition coefficient (Wildman–Crippen LogP) is 4.26. The summed E-state index contributed by atoms with van der Waals surface area (Å²) >= 11 is 0. The number of rotatable bonds is 5. The summed E-state index contributed by atoms with van der Waals surface area (Å²) in [5.74, 6) is -0.974. The first-order valence-electron chi connectivity index (χ1n) is 10.2. The monoisotopic (exact) mass is 433 g/mol. The number of aliphatic carboxylic acids is 1. The van der Waals surface area contributed by atoms with Gasteiger partial charge in [0, 0.05) is 16.3 Å². The lowest BCUT2D eigenvalue weighted by Gasteiger charge is -2.15. The van der Waals surface area contributed by atoms with Gasteiger partial charge in [-0.3, -0.25) is 4.79 Å². The molecule has 0 aliphatic rings. The zero-order valence-corrected chi connectivity index (χ0v) is 18.2. The summed E-state index contributed by atoms with van der Waals surface area (Å²) in [5, 5.41) is 13.7. The average molecular weight is 433 g/mol. The lowest BCUT2D eigenvalue weighted by atomic mass is 9.98. The molecule has 1 amide bonds. The summed E-state index contributed by atoms with van der Waals surface area (Å²) in [7, 11) is 0. The number of carbonyl (C=O) groups is 2. The van der Waals surface area contributed by atoms with Crippen molar-refractivity contribution in [2.75, 3.05) is 0 Å². The van der Waals surface area contributed by atoms with Crippen molar-refractivity contribution in [3.63, 3.8) is 0 Å². The van der Waals surface area contributed by atoms with Crippen LogP contribution in [0.2, 0.25) is 0 Å². The summed E-state index contributed by atoms with van der Waals surface area (Å²) in [6.45, 7) is 7.44. The number of fused-ring (bicyclic) bond motifs is 2. The number of carboxylic acids is 1. The SMILES string of the molecule is Cc1oc2c(C)c3oc(=O)c(CC(=O)N[C@@H](C(=O)O)c4ccccc4)c(C)c3cc2c1C. The molecule has 0 bridgehead atoms. The van der Waals surface area contributed by atoms with Gasteiger partial charge >= 0.3 is 11.6 Å². The van der Waals surface area contributed by atoms with Gasteiger partial charge in [0.1, 0.15) is 16.9 Å². The van der Waals surface area contributed by atoms with Gasteiger partial charge < -0.3 is 19.3 Å². The summed E-state index contributed by atoms with van der Waals surface area (Å²) in [4.78, 5) is 37.1. The number of benzene rings is 2. The predicted molar refractivity (Wildman–Crippen MR) is 120 cm³/mol. The minimum absolute atomic E-state index is 0.198. The van der Waals surface area contributed by atoms with Crippen LogP contribution in [0.15, 0.2) is 50.0 Å². The second kappa shape index (κ2) is 8.00. The Morgan fingerprint density at radius 2 is 1.56 bits per heavy atom. The van der Waals surface area contributed by atoms with Gasteiger partial charge in [-0.25, -0.2) is 9.59 Å². The number of furan rings is 1.